The highest BCUT2D eigenvalue weighted by atomic mass is 19.4. The molecule has 1 heterocycles. The minimum atomic E-state index is -4.61. The van der Waals surface area contributed by atoms with Crippen LogP contribution in [0.3, 0.4) is 0 Å². The number of hydrogen-bond acceptors (Lipinski definition) is 1. The van der Waals surface area contributed by atoms with E-state index in [2.05, 4.69) is 4.98 Å². The van der Waals surface area contributed by atoms with Crippen molar-refractivity contribution in [1.29, 1.82) is 0 Å². The smallest absolute Gasteiger partial charge is 0.264 e. The molecule has 1 aliphatic carbocycles. The van der Waals surface area contributed by atoms with Crippen LogP contribution in [0, 0.1) is 0 Å². The minimum Gasteiger partial charge on any atom is -0.264 e. The van der Waals surface area contributed by atoms with E-state index in [1.165, 1.54) is 0 Å². The van der Waals surface area contributed by atoms with Gasteiger partial charge in [0.25, 0.3) is 5.92 Å². The molecule has 2 rings (SSSR count). The van der Waals surface area contributed by atoms with Gasteiger partial charge in [-0.3, -0.25) is 4.98 Å². The lowest BCUT2D eigenvalue weighted by Gasteiger charge is -2.22. The molecule has 0 amide bonds. The summed E-state index contributed by atoms with van der Waals surface area (Å²) < 4.78 is 65.0. The molecule has 0 spiro atoms. The maximum atomic E-state index is 13.5. The van der Waals surface area contributed by atoms with Crippen molar-refractivity contribution in [2.24, 2.45) is 0 Å². The molecule has 1 aromatic heterocycles. The summed E-state index contributed by atoms with van der Waals surface area (Å²) in [4.78, 5) is 3.54. The van der Waals surface area contributed by atoms with Gasteiger partial charge in [-0.25, -0.2) is 8.78 Å². The van der Waals surface area contributed by atoms with Crippen LogP contribution in [0.2, 0.25) is 0 Å². The number of aromatic nitrogens is 1. The van der Waals surface area contributed by atoms with E-state index >= 15 is 0 Å². The molecular weight excluding hydrogens is 241 g/mol. The van der Waals surface area contributed by atoms with Crippen molar-refractivity contribution < 1.29 is 22.0 Å². The van der Waals surface area contributed by atoms with Gasteiger partial charge in [-0.1, -0.05) is 0 Å². The van der Waals surface area contributed by atoms with Gasteiger partial charge >= 0.3 is 6.18 Å². The molecule has 0 saturated heterocycles. The molecule has 0 bridgehead atoms. The number of hydrogen-bond donors (Lipinski definition) is 0. The summed E-state index contributed by atoms with van der Waals surface area (Å²) in [5, 5.41) is 0. The topological polar surface area (TPSA) is 12.9 Å². The van der Waals surface area contributed by atoms with Gasteiger partial charge in [0.05, 0.1) is 5.56 Å². The molecular formula is C11H10F5N. The Labute approximate surface area is 94.7 Å². The molecule has 1 unspecified atom stereocenters. The van der Waals surface area contributed by atoms with Gasteiger partial charge in [0.1, 0.15) is 0 Å². The quantitative estimate of drug-likeness (QED) is 0.687. The Balaban J connectivity index is 2.46. The lowest BCUT2D eigenvalue weighted by atomic mass is 9.92. The van der Waals surface area contributed by atoms with Crippen molar-refractivity contribution in [2.45, 2.75) is 37.3 Å². The number of pyridine rings is 1. The Morgan fingerprint density at radius 2 is 2.00 bits per heavy atom. The Morgan fingerprint density at radius 1 is 1.29 bits per heavy atom. The van der Waals surface area contributed by atoms with Crippen LogP contribution in [0.1, 0.15) is 36.3 Å². The molecule has 0 aromatic carbocycles. The van der Waals surface area contributed by atoms with Gasteiger partial charge in [-0.05, 0) is 24.5 Å². The van der Waals surface area contributed by atoms with Crippen molar-refractivity contribution in [3.05, 3.63) is 29.6 Å². The van der Waals surface area contributed by atoms with E-state index in [9.17, 15) is 22.0 Å². The normalized spacial score (nSPS) is 23.9. The van der Waals surface area contributed by atoms with Crippen LogP contribution in [0.25, 0.3) is 0 Å². The molecule has 1 fully saturated rings. The number of rotatable bonds is 1. The zero-order chi connectivity index (χ0) is 12.7. The average molecular weight is 251 g/mol. The monoisotopic (exact) mass is 251 g/mol. The van der Waals surface area contributed by atoms with Gasteiger partial charge < -0.3 is 0 Å². The molecule has 1 atom stereocenters. The predicted octanol–water partition coefficient (Wildman–Crippen LogP) is 4.00. The highest BCUT2D eigenvalue weighted by Gasteiger charge is 2.48. The molecule has 1 aromatic rings. The molecule has 94 valence electrons. The van der Waals surface area contributed by atoms with E-state index in [-0.39, 0.29) is 24.8 Å². The summed E-state index contributed by atoms with van der Waals surface area (Å²) in [5.74, 6) is -4.43. The largest absolute Gasteiger partial charge is 0.416 e. The third-order valence-corrected chi connectivity index (χ3v) is 3.05. The fourth-order valence-electron chi connectivity index (χ4n) is 2.25. The lowest BCUT2D eigenvalue weighted by molar-refractivity contribution is -0.139. The Bertz CT molecular complexity index is 413. The van der Waals surface area contributed by atoms with Crippen LogP contribution in [0.5, 0.6) is 0 Å². The van der Waals surface area contributed by atoms with Crippen molar-refractivity contribution >= 4 is 0 Å². The molecule has 1 nitrogen and oxygen atoms in total. The zero-order valence-electron chi connectivity index (χ0n) is 8.77. The fourth-order valence-corrected chi connectivity index (χ4v) is 2.25. The third kappa shape index (κ3) is 2.25. The molecule has 1 aliphatic rings. The van der Waals surface area contributed by atoms with Crippen LogP contribution < -0.4 is 0 Å². The standard InChI is InChI=1S/C11H10F5N/c12-10(13)4-1-2-8(10)7-6-17-5-3-9(7)11(14,15)16/h3,5-6,8H,1-2,4H2. The van der Waals surface area contributed by atoms with Crippen molar-refractivity contribution in [3.63, 3.8) is 0 Å². The Kier molecular flexibility index (Phi) is 2.83. The number of nitrogens with zero attached hydrogens (tertiary/aromatic N) is 1. The third-order valence-electron chi connectivity index (χ3n) is 3.05. The summed E-state index contributed by atoms with van der Waals surface area (Å²) in [7, 11) is 0. The molecule has 0 radical (unpaired) electrons. The second-order valence-electron chi connectivity index (χ2n) is 4.17. The predicted molar refractivity (Wildman–Crippen MR) is 50.8 cm³/mol. The van der Waals surface area contributed by atoms with Crippen LogP contribution in [-0.2, 0) is 6.18 Å². The van der Waals surface area contributed by atoms with E-state index in [4.69, 9.17) is 0 Å². The highest BCUT2D eigenvalue weighted by Crippen LogP contribution is 2.49. The van der Waals surface area contributed by atoms with Crippen molar-refractivity contribution in [2.75, 3.05) is 0 Å². The summed E-state index contributed by atoms with van der Waals surface area (Å²) >= 11 is 0. The first-order valence-corrected chi connectivity index (χ1v) is 5.21. The molecule has 17 heavy (non-hydrogen) atoms. The second kappa shape index (κ2) is 3.92. The minimum absolute atomic E-state index is 0.0712. The molecule has 0 aliphatic heterocycles. The number of alkyl halides is 5. The Hall–Kier alpha value is -1.20. The summed E-state index contributed by atoms with van der Waals surface area (Å²) in [5.41, 5.74) is -1.39. The van der Waals surface area contributed by atoms with Gasteiger partial charge in [0, 0.05) is 24.7 Å². The van der Waals surface area contributed by atoms with Crippen LogP contribution in [-0.4, -0.2) is 10.9 Å². The molecule has 0 N–H and O–H groups in total. The highest BCUT2D eigenvalue weighted by molar-refractivity contribution is 5.32. The van der Waals surface area contributed by atoms with E-state index in [1.54, 1.807) is 0 Å². The van der Waals surface area contributed by atoms with E-state index in [1.807, 2.05) is 0 Å². The summed E-state index contributed by atoms with van der Waals surface area (Å²) in [6.45, 7) is 0. The Morgan fingerprint density at radius 3 is 2.53 bits per heavy atom. The van der Waals surface area contributed by atoms with Gasteiger partial charge in [0.2, 0.25) is 0 Å². The van der Waals surface area contributed by atoms with Crippen LogP contribution >= 0.6 is 0 Å². The molecule has 6 heteroatoms. The SMILES string of the molecule is FC(F)(F)c1ccncc1C1CCCC1(F)F. The van der Waals surface area contributed by atoms with Crippen LogP contribution in [0.15, 0.2) is 18.5 Å². The van der Waals surface area contributed by atoms with E-state index < -0.39 is 23.6 Å². The van der Waals surface area contributed by atoms with Crippen molar-refractivity contribution in [1.82, 2.24) is 4.98 Å². The summed E-state index contributed by atoms with van der Waals surface area (Å²) in [6.07, 6.45) is -2.78. The van der Waals surface area contributed by atoms with Crippen molar-refractivity contribution in [3.8, 4) is 0 Å². The maximum absolute atomic E-state index is 13.5. The van der Waals surface area contributed by atoms with E-state index in [0.717, 1.165) is 18.5 Å². The maximum Gasteiger partial charge on any atom is 0.416 e. The second-order valence-corrected chi connectivity index (χ2v) is 4.17. The fraction of sp³-hybridized carbons (Fsp3) is 0.545. The van der Waals surface area contributed by atoms with Gasteiger partial charge in [-0.15, -0.1) is 0 Å². The number of halogens is 5. The molecule has 1 saturated carbocycles. The lowest BCUT2D eigenvalue weighted by Crippen LogP contribution is -2.23. The first-order chi connectivity index (χ1) is 7.82. The van der Waals surface area contributed by atoms with E-state index in [0.29, 0.717) is 0 Å². The average Bonchev–Trinajstić information content (AvgIpc) is 2.57. The first kappa shape index (κ1) is 12.3. The van der Waals surface area contributed by atoms with Crippen LogP contribution in [0.4, 0.5) is 22.0 Å². The van der Waals surface area contributed by atoms with Gasteiger partial charge in [0.15, 0.2) is 0 Å². The van der Waals surface area contributed by atoms with Gasteiger partial charge in [-0.2, -0.15) is 13.2 Å². The first-order valence-electron chi connectivity index (χ1n) is 5.21. The summed E-state index contributed by atoms with van der Waals surface area (Å²) in [6, 6.07) is 0.754. The zero-order valence-corrected chi connectivity index (χ0v) is 8.77.